The van der Waals surface area contributed by atoms with Gasteiger partial charge in [0.2, 0.25) is 5.95 Å². The van der Waals surface area contributed by atoms with Crippen LogP contribution in [0.15, 0.2) is 29.5 Å². The van der Waals surface area contributed by atoms with Crippen molar-refractivity contribution >= 4 is 11.9 Å². The number of tetrazole rings is 1. The van der Waals surface area contributed by atoms with E-state index in [0.29, 0.717) is 35.3 Å². The summed E-state index contributed by atoms with van der Waals surface area (Å²) in [4.78, 5) is 13.0. The third-order valence-corrected chi connectivity index (χ3v) is 5.14. The van der Waals surface area contributed by atoms with Crippen LogP contribution in [0, 0.1) is 0 Å². The minimum Gasteiger partial charge on any atom is -0.493 e. The van der Waals surface area contributed by atoms with E-state index in [9.17, 15) is 4.79 Å². The van der Waals surface area contributed by atoms with Crippen LogP contribution in [0.5, 0.6) is 11.5 Å². The Labute approximate surface area is 176 Å². The van der Waals surface area contributed by atoms with Crippen LogP contribution in [0.25, 0.3) is 0 Å². The van der Waals surface area contributed by atoms with E-state index in [0.717, 1.165) is 24.8 Å². The molecule has 1 aromatic carbocycles. The van der Waals surface area contributed by atoms with E-state index in [-0.39, 0.29) is 5.97 Å². The molecule has 0 unspecified atom stereocenters. The van der Waals surface area contributed by atoms with Crippen molar-refractivity contribution in [2.45, 2.75) is 52.0 Å². The van der Waals surface area contributed by atoms with Gasteiger partial charge in [-0.3, -0.25) is 0 Å². The number of benzene rings is 1. The van der Waals surface area contributed by atoms with Crippen molar-refractivity contribution in [2.24, 2.45) is 0 Å². The van der Waals surface area contributed by atoms with Gasteiger partial charge >= 0.3 is 5.97 Å². The lowest BCUT2D eigenvalue weighted by Gasteiger charge is -2.27. The van der Waals surface area contributed by atoms with Crippen LogP contribution in [0.4, 0.5) is 5.95 Å². The number of rotatable bonds is 10. The molecule has 0 saturated carbocycles. The fourth-order valence-electron chi connectivity index (χ4n) is 3.56. The van der Waals surface area contributed by atoms with Gasteiger partial charge in [0, 0.05) is 5.70 Å². The highest BCUT2D eigenvalue weighted by Crippen LogP contribution is 2.38. The van der Waals surface area contributed by atoms with Gasteiger partial charge in [0.1, 0.15) is 6.04 Å². The number of methoxy groups -OCH3 is 2. The summed E-state index contributed by atoms with van der Waals surface area (Å²) in [5.41, 5.74) is 1.92. The Hall–Kier alpha value is -3.10. The summed E-state index contributed by atoms with van der Waals surface area (Å²) >= 11 is 0. The third kappa shape index (κ3) is 4.55. The Morgan fingerprint density at radius 3 is 2.63 bits per heavy atom. The summed E-state index contributed by atoms with van der Waals surface area (Å²) in [7, 11) is 3.15. The number of esters is 1. The van der Waals surface area contributed by atoms with Gasteiger partial charge in [-0.05, 0) is 41.5 Å². The number of allylic oxidation sites excluding steroid dienone is 1. The smallest absolute Gasteiger partial charge is 0.338 e. The number of aromatic nitrogens is 4. The molecule has 1 N–H and O–H groups in total. The number of hydrogen-bond acceptors (Lipinski definition) is 8. The molecule has 1 aliphatic rings. The predicted molar refractivity (Wildman–Crippen MR) is 112 cm³/mol. The second-order valence-electron chi connectivity index (χ2n) is 7.18. The van der Waals surface area contributed by atoms with E-state index in [1.807, 2.05) is 19.1 Å². The van der Waals surface area contributed by atoms with E-state index in [1.165, 1.54) is 12.8 Å². The second-order valence-corrected chi connectivity index (χ2v) is 7.18. The van der Waals surface area contributed by atoms with Gasteiger partial charge in [0.25, 0.3) is 0 Å². The summed E-state index contributed by atoms with van der Waals surface area (Å²) in [6.45, 7) is 4.39. The van der Waals surface area contributed by atoms with E-state index in [4.69, 9.17) is 14.2 Å². The van der Waals surface area contributed by atoms with Crippen molar-refractivity contribution in [2.75, 3.05) is 26.1 Å². The number of ether oxygens (including phenoxy) is 3. The monoisotopic (exact) mass is 415 g/mol. The number of unbranched alkanes of at least 4 members (excludes halogenated alkanes) is 4. The Balaban J connectivity index is 1.86. The molecule has 0 amide bonds. The second kappa shape index (κ2) is 10.1. The first kappa shape index (κ1) is 21.6. The van der Waals surface area contributed by atoms with Crippen molar-refractivity contribution in [3.63, 3.8) is 0 Å². The number of carbonyl (C=O) groups is 1. The predicted octanol–water partition coefficient (Wildman–Crippen LogP) is 3.49. The minimum absolute atomic E-state index is 0.378. The Kier molecular flexibility index (Phi) is 7.26. The van der Waals surface area contributed by atoms with E-state index in [1.54, 1.807) is 25.0 Å². The maximum Gasteiger partial charge on any atom is 0.338 e. The van der Waals surface area contributed by atoms with Gasteiger partial charge < -0.3 is 19.5 Å². The topological polar surface area (TPSA) is 100 Å². The van der Waals surface area contributed by atoms with Crippen LogP contribution in [-0.4, -0.2) is 47.0 Å². The molecule has 2 heterocycles. The average Bonchev–Trinajstić information content (AvgIpc) is 3.22. The molecule has 3 rings (SSSR count). The third-order valence-electron chi connectivity index (χ3n) is 5.14. The maximum atomic E-state index is 13.0. The van der Waals surface area contributed by atoms with Crippen molar-refractivity contribution < 1.29 is 19.0 Å². The lowest BCUT2D eigenvalue weighted by molar-refractivity contribution is -0.139. The first-order chi connectivity index (χ1) is 14.6. The zero-order chi connectivity index (χ0) is 21.5. The largest absolute Gasteiger partial charge is 0.493 e. The van der Waals surface area contributed by atoms with Crippen molar-refractivity contribution in [1.82, 2.24) is 20.2 Å². The minimum atomic E-state index is -0.538. The summed E-state index contributed by atoms with van der Waals surface area (Å²) in [5, 5.41) is 14.9. The summed E-state index contributed by atoms with van der Waals surface area (Å²) < 4.78 is 17.9. The number of nitrogens with one attached hydrogen (secondary N) is 1. The normalized spacial score (nSPS) is 15.4. The molecule has 2 aromatic rings. The molecule has 9 nitrogen and oxygen atoms in total. The Bertz CT molecular complexity index is 909. The highest BCUT2D eigenvalue weighted by molar-refractivity contribution is 5.92. The molecular formula is C21H29N5O4. The summed E-state index contributed by atoms with van der Waals surface area (Å²) in [6.07, 6.45) is 5.43. The van der Waals surface area contributed by atoms with E-state index < -0.39 is 6.04 Å². The van der Waals surface area contributed by atoms with Gasteiger partial charge in [0.15, 0.2) is 11.5 Å². The number of nitrogens with zero attached hydrogens (tertiary/aromatic N) is 4. The van der Waals surface area contributed by atoms with Gasteiger partial charge in [0.05, 0.1) is 26.4 Å². The van der Waals surface area contributed by atoms with Crippen LogP contribution >= 0.6 is 0 Å². The maximum absolute atomic E-state index is 13.0. The van der Waals surface area contributed by atoms with Crippen LogP contribution in [-0.2, 0) is 9.53 Å². The first-order valence-corrected chi connectivity index (χ1v) is 10.2. The first-order valence-electron chi connectivity index (χ1n) is 10.2. The molecule has 162 valence electrons. The lowest BCUT2D eigenvalue weighted by Crippen LogP contribution is -2.30. The van der Waals surface area contributed by atoms with Gasteiger partial charge in [-0.2, -0.15) is 4.68 Å². The van der Waals surface area contributed by atoms with E-state index >= 15 is 0 Å². The summed E-state index contributed by atoms with van der Waals surface area (Å²) in [6, 6.07) is 4.95. The molecule has 1 atom stereocenters. The van der Waals surface area contributed by atoms with Gasteiger partial charge in [-0.1, -0.05) is 43.8 Å². The SMILES string of the molecule is CCCCCCCOC(=O)C1=C(C)Nc2nnnn2[C@@H]1c1ccc(OC)c(OC)c1. The molecule has 1 aliphatic heterocycles. The molecule has 0 aliphatic carbocycles. The molecule has 0 bridgehead atoms. The van der Waals surface area contributed by atoms with Gasteiger partial charge in [-0.25, -0.2) is 4.79 Å². The van der Waals surface area contributed by atoms with Gasteiger partial charge in [-0.15, -0.1) is 0 Å². The highest BCUT2D eigenvalue weighted by atomic mass is 16.5. The molecule has 1 aromatic heterocycles. The molecule has 0 spiro atoms. The fourth-order valence-corrected chi connectivity index (χ4v) is 3.56. The molecular weight excluding hydrogens is 386 g/mol. The highest BCUT2D eigenvalue weighted by Gasteiger charge is 2.35. The quantitative estimate of drug-likeness (QED) is 0.465. The van der Waals surface area contributed by atoms with Crippen molar-refractivity contribution in [3.8, 4) is 11.5 Å². The number of anilines is 1. The fraction of sp³-hybridized carbons (Fsp3) is 0.524. The van der Waals surface area contributed by atoms with Crippen molar-refractivity contribution in [1.29, 1.82) is 0 Å². The lowest BCUT2D eigenvalue weighted by atomic mass is 9.95. The molecule has 0 fully saturated rings. The molecule has 30 heavy (non-hydrogen) atoms. The molecule has 9 heteroatoms. The van der Waals surface area contributed by atoms with E-state index in [2.05, 4.69) is 27.8 Å². The standard InChI is InChI=1S/C21H29N5O4/c1-5-6-7-8-9-12-30-20(27)18-14(2)22-21-23-24-25-26(21)19(18)15-10-11-16(28-3)17(13-15)29-4/h10-11,13,19H,5-9,12H2,1-4H3,(H,22,23,25)/t19-/m1/s1. The molecule has 0 saturated heterocycles. The zero-order valence-corrected chi connectivity index (χ0v) is 18.0. The van der Waals surface area contributed by atoms with Crippen LogP contribution in [0.1, 0.15) is 57.6 Å². The Morgan fingerprint density at radius 2 is 1.90 bits per heavy atom. The summed E-state index contributed by atoms with van der Waals surface area (Å²) in [5.74, 6) is 1.24. The number of fused-ring (bicyclic) bond motifs is 1. The molecule has 0 radical (unpaired) electrons. The number of hydrogen-bond donors (Lipinski definition) is 1. The van der Waals surface area contributed by atoms with Crippen LogP contribution in [0.3, 0.4) is 0 Å². The average molecular weight is 415 g/mol. The zero-order valence-electron chi connectivity index (χ0n) is 18.0. The Morgan fingerprint density at radius 1 is 1.13 bits per heavy atom. The van der Waals surface area contributed by atoms with Crippen LogP contribution < -0.4 is 14.8 Å². The van der Waals surface area contributed by atoms with Crippen molar-refractivity contribution in [3.05, 3.63) is 35.0 Å². The number of carbonyl (C=O) groups excluding carboxylic acids is 1. The van der Waals surface area contributed by atoms with Crippen LogP contribution in [0.2, 0.25) is 0 Å².